The number of hydrogen-bond acceptors (Lipinski definition) is 4. The summed E-state index contributed by atoms with van der Waals surface area (Å²) in [6.45, 7) is 6.20. The van der Waals surface area contributed by atoms with Crippen LogP contribution in [0.15, 0.2) is 18.3 Å². The van der Waals surface area contributed by atoms with Gasteiger partial charge in [-0.15, -0.1) is 0 Å². The number of hydrogen-bond donors (Lipinski definition) is 2. The molecule has 0 saturated carbocycles. The molecule has 1 aromatic rings. The van der Waals surface area contributed by atoms with Crippen LogP contribution in [-0.2, 0) is 0 Å². The molecule has 0 saturated heterocycles. The van der Waals surface area contributed by atoms with E-state index in [-0.39, 0.29) is 24.0 Å². The molecule has 0 aliphatic rings. The van der Waals surface area contributed by atoms with Crippen LogP contribution in [0.25, 0.3) is 0 Å². The van der Waals surface area contributed by atoms with E-state index in [1.165, 1.54) is 0 Å². The van der Waals surface area contributed by atoms with E-state index >= 15 is 0 Å². The summed E-state index contributed by atoms with van der Waals surface area (Å²) in [5.41, 5.74) is 0.478. The highest BCUT2D eigenvalue weighted by Gasteiger charge is 2.26. The smallest absolute Gasteiger partial charge is 0.251 e. The average Bonchev–Trinajstić information content (AvgIpc) is 2.37. The Hall–Kier alpha value is -1.62. The molecular formula is C15H25N3O2. The van der Waals surface area contributed by atoms with E-state index in [2.05, 4.69) is 10.3 Å². The monoisotopic (exact) mass is 279 g/mol. The second-order valence-corrected chi connectivity index (χ2v) is 6.20. The summed E-state index contributed by atoms with van der Waals surface area (Å²) in [5.74, 6) is 0.607. The van der Waals surface area contributed by atoms with Crippen molar-refractivity contribution < 1.29 is 9.90 Å². The maximum atomic E-state index is 12.3. The molecule has 1 heterocycles. The summed E-state index contributed by atoms with van der Waals surface area (Å²) in [4.78, 5) is 18.4. The predicted octanol–water partition coefficient (Wildman–Crippen LogP) is 1.67. The molecule has 0 spiro atoms. The van der Waals surface area contributed by atoms with E-state index < -0.39 is 0 Å². The van der Waals surface area contributed by atoms with Crippen LogP contribution in [0.4, 0.5) is 5.82 Å². The fourth-order valence-electron chi connectivity index (χ4n) is 1.90. The molecule has 20 heavy (non-hydrogen) atoms. The van der Waals surface area contributed by atoms with E-state index in [4.69, 9.17) is 5.11 Å². The van der Waals surface area contributed by atoms with Crippen molar-refractivity contribution in [3.8, 4) is 0 Å². The first-order valence-corrected chi connectivity index (χ1v) is 6.81. The van der Waals surface area contributed by atoms with Crippen LogP contribution in [0.5, 0.6) is 0 Å². The van der Waals surface area contributed by atoms with Gasteiger partial charge in [0, 0.05) is 38.5 Å². The zero-order valence-electron chi connectivity index (χ0n) is 13.0. The van der Waals surface area contributed by atoms with Gasteiger partial charge in [0.05, 0.1) is 0 Å². The first-order valence-electron chi connectivity index (χ1n) is 6.81. The third kappa shape index (κ3) is 4.49. The lowest BCUT2D eigenvalue weighted by Gasteiger charge is -2.31. The molecule has 1 amide bonds. The van der Waals surface area contributed by atoms with Gasteiger partial charge in [-0.05, 0) is 24.0 Å². The molecule has 1 aromatic heterocycles. The number of pyridine rings is 1. The van der Waals surface area contributed by atoms with Gasteiger partial charge in [-0.1, -0.05) is 20.8 Å². The van der Waals surface area contributed by atoms with Gasteiger partial charge in [-0.3, -0.25) is 4.79 Å². The van der Waals surface area contributed by atoms with Crippen LogP contribution in [-0.4, -0.2) is 42.7 Å². The van der Waals surface area contributed by atoms with E-state index in [0.717, 1.165) is 5.82 Å². The highest BCUT2D eigenvalue weighted by molar-refractivity contribution is 5.95. The summed E-state index contributed by atoms with van der Waals surface area (Å²) in [7, 11) is 3.77. The lowest BCUT2D eigenvalue weighted by molar-refractivity contribution is 0.0885. The zero-order valence-corrected chi connectivity index (χ0v) is 13.0. The molecule has 2 N–H and O–H groups in total. The van der Waals surface area contributed by atoms with Crippen molar-refractivity contribution in [3.63, 3.8) is 0 Å². The molecule has 5 nitrogen and oxygen atoms in total. The van der Waals surface area contributed by atoms with Gasteiger partial charge >= 0.3 is 0 Å². The van der Waals surface area contributed by atoms with E-state index in [1.807, 2.05) is 39.8 Å². The number of aliphatic hydroxyl groups is 1. The van der Waals surface area contributed by atoms with Gasteiger partial charge in [0.15, 0.2) is 0 Å². The summed E-state index contributed by atoms with van der Waals surface area (Å²) in [5, 5.41) is 12.1. The van der Waals surface area contributed by atoms with Gasteiger partial charge in [0.1, 0.15) is 5.82 Å². The van der Waals surface area contributed by atoms with Crippen molar-refractivity contribution in [1.29, 1.82) is 0 Å². The fourth-order valence-corrected chi connectivity index (χ4v) is 1.90. The van der Waals surface area contributed by atoms with Gasteiger partial charge < -0.3 is 15.3 Å². The molecule has 1 rings (SSSR count). The van der Waals surface area contributed by atoms with Crippen LogP contribution in [0, 0.1) is 5.41 Å². The molecule has 0 bridgehead atoms. The van der Waals surface area contributed by atoms with Crippen LogP contribution in [0.1, 0.15) is 37.6 Å². The second kappa shape index (κ2) is 6.70. The minimum absolute atomic E-state index is 0.0571. The van der Waals surface area contributed by atoms with Gasteiger partial charge in [0.2, 0.25) is 0 Å². The molecule has 5 heteroatoms. The number of aromatic nitrogens is 1. The molecule has 0 fully saturated rings. The maximum absolute atomic E-state index is 12.3. The summed E-state index contributed by atoms with van der Waals surface area (Å²) in [6, 6.07) is 3.38. The topological polar surface area (TPSA) is 65.5 Å². The Morgan fingerprint density at radius 1 is 1.45 bits per heavy atom. The Balaban J connectivity index is 2.86. The van der Waals surface area contributed by atoms with Crippen molar-refractivity contribution in [1.82, 2.24) is 10.3 Å². The van der Waals surface area contributed by atoms with E-state index in [9.17, 15) is 4.79 Å². The predicted molar refractivity (Wildman–Crippen MR) is 81.0 cm³/mol. The SMILES string of the molecule is CN(C)c1cc(C(=O)NC(CCO)C(C)(C)C)ccn1. The van der Waals surface area contributed by atoms with Crippen molar-refractivity contribution in [3.05, 3.63) is 23.9 Å². The number of rotatable bonds is 5. The van der Waals surface area contributed by atoms with Crippen molar-refractivity contribution in [2.24, 2.45) is 5.41 Å². The lowest BCUT2D eigenvalue weighted by Crippen LogP contribution is -2.44. The minimum Gasteiger partial charge on any atom is -0.396 e. The summed E-state index contributed by atoms with van der Waals surface area (Å²) < 4.78 is 0. The lowest BCUT2D eigenvalue weighted by atomic mass is 9.85. The number of aliphatic hydroxyl groups excluding tert-OH is 1. The number of nitrogens with one attached hydrogen (secondary N) is 1. The molecule has 0 aliphatic carbocycles. The molecule has 112 valence electrons. The van der Waals surface area contributed by atoms with Crippen molar-refractivity contribution in [2.75, 3.05) is 25.6 Å². The normalized spacial score (nSPS) is 12.9. The Morgan fingerprint density at radius 3 is 2.60 bits per heavy atom. The molecule has 0 aliphatic heterocycles. The third-order valence-electron chi connectivity index (χ3n) is 3.23. The Labute approximate surface area is 121 Å². The van der Waals surface area contributed by atoms with Crippen molar-refractivity contribution >= 4 is 11.7 Å². The molecule has 1 unspecified atom stereocenters. The fraction of sp³-hybridized carbons (Fsp3) is 0.600. The largest absolute Gasteiger partial charge is 0.396 e. The van der Waals surface area contributed by atoms with Crippen LogP contribution in [0.3, 0.4) is 0 Å². The standard InChI is InChI=1S/C15H25N3O2/c1-15(2,3)12(7-9-19)17-14(20)11-6-8-16-13(10-11)18(4)5/h6,8,10,12,19H,7,9H2,1-5H3,(H,17,20). The number of carbonyl (C=O) groups is 1. The van der Waals surface area contributed by atoms with Gasteiger partial charge in [-0.2, -0.15) is 0 Å². The zero-order chi connectivity index (χ0) is 15.3. The summed E-state index contributed by atoms with van der Waals surface area (Å²) >= 11 is 0. The van der Waals surface area contributed by atoms with E-state index in [1.54, 1.807) is 18.3 Å². The number of carbonyl (C=O) groups excluding carboxylic acids is 1. The first kappa shape index (κ1) is 16.4. The quantitative estimate of drug-likeness (QED) is 0.860. The summed E-state index contributed by atoms with van der Waals surface area (Å²) in [6.07, 6.45) is 2.17. The van der Waals surface area contributed by atoms with Gasteiger partial charge in [0.25, 0.3) is 5.91 Å². The third-order valence-corrected chi connectivity index (χ3v) is 3.23. The van der Waals surface area contributed by atoms with Crippen LogP contribution in [0.2, 0.25) is 0 Å². The average molecular weight is 279 g/mol. The van der Waals surface area contributed by atoms with E-state index in [0.29, 0.717) is 12.0 Å². The highest BCUT2D eigenvalue weighted by Crippen LogP contribution is 2.22. The van der Waals surface area contributed by atoms with Gasteiger partial charge in [-0.25, -0.2) is 4.98 Å². The highest BCUT2D eigenvalue weighted by atomic mass is 16.3. The number of anilines is 1. The van der Waals surface area contributed by atoms with Crippen LogP contribution >= 0.6 is 0 Å². The minimum atomic E-state index is -0.135. The second-order valence-electron chi connectivity index (χ2n) is 6.20. The maximum Gasteiger partial charge on any atom is 0.251 e. The Morgan fingerprint density at radius 2 is 2.10 bits per heavy atom. The Kier molecular flexibility index (Phi) is 5.51. The molecule has 1 atom stereocenters. The molecular weight excluding hydrogens is 254 g/mol. The number of amides is 1. The molecule has 0 aromatic carbocycles. The van der Waals surface area contributed by atoms with Crippen LogP contribution < -0.4 is 10.2 Å². The van der Waals surface area contributed by atoms with Crippen molar-refractivity contribution in [2.45, 2.75) is 33.2 Å². The molecule has 0 radical (unpaired) electrons. The Bertz CT molecular complexity index is 453. The first-order chi connectivity index (χ1) is 9.25. The number of nitrogens with zero attached hydrogens (tertiary/aromatic N) is 2.